The Bertz CT molecular complexity index is 1230. The van der Waals surface area contributed by atoms with Crippen LogP contribution >= 0.6 is 0 Å². The fraction of sp³-hybridized carbons (Fsp3) is 0.296. The number of aromatic nitrogens is 3. The highest BCUT2D eigenvalue weighted by atomic mass is 19.1. The maximum atomic E-state index is 13.1. The van der Waals surface area contributed by atoms with E-state index in [4.69, 9.17) is 4.98 Å². The van der Waals surface area contributed by atoms with E-state index in [1.165, 1.54) is 12.1 Å². The van der Waals surface area contributed by atoms with Gasteiger partial charge in [0.2, 0.25) is 5.91 Å². The van der Waals surface area contributed by atoms with Crippen molar-refractivity contribution in [2.45, 2.75) is 38.1 Å². The number of carbonyl (C=O) groups is 1. The van der Waals surface area contributed by atoms with Gasteiger partial charge in [0.25, 0.3) is 0 Å². The first-order chi connectivity index (χ1) is 16.2. The fourth-order valence-electron chi connectivity index (χ4n) is 4.61. The maximum absolute atomic E-state index is 13.1. The smallest absolute Gasteiger partial charge is 0.224 e. The number of amides is 1. The van der Waals surface area contributed by atoms with Crippen molar-refractivity contribution in [2.24, 2.45) is 0 Å². The number of hydrogen-bond donors (Lipinski definition) is 0. The Labute approximate surface area is 192 Å². The zero-order chi connectivity index (χ0) is 22.6. The number of nitrogens with zero attached hydrogens (tertiary/aromatic N) is 4. The van der Waals surface area contributed by atoms with E-state index in [2.05, 4.69) is 17.2 Å². The third-order valence-electron chi connectivity index (χ3n) is 6.52. The molecule has 0 spiro atoms. The highest BCUT2D eigenvalue weighted by Gasteiger charge is 2.24. The molecule has 0 radical (unpaired) electrons. The second-order valence-corrected chi connectivity index (χ2v) is 8.73. The van der Waals surface area contributed by atoms with Crippen molar-refractivity contribution in [1.29, 1.82) is 0 Å². The van der Waals surface area contributed by atoms with Gasteiger partial charge in [-0.2, -0.15) is 5.10 Å². The first-order valence-corrected chi connectivity index (χ1v) is 11.5. The molecule has 168 valence electrons. The van der Waals surface area contributed by atoms with E-state index in [1.54, 1.807) is 0 Å². The average molecular weight is 443 g/mol. The summed E-state index contributed by atoms with van der Waals surface area (Å²) in [6.07, 6.45) is 6.84. The van der Waals surface area contributed by atoms with E-state index < -0.39 is 0 Å². The number of rotatable bonds is 6. The van der Waals surface area contributed by atoms with Gasteiger partial charge in [0, 0.05) is 42.7 Å². The number of hydrogen-bond acceptors (Lipinski definition) is 3. The summed E-state index contributed by atoms with van der Waals surface area (Å²) >= 11 is 0. The van der Waals surface area contributed by atoms with Gasteiger partial charge in [0.15, 0.2) is 0 Å². The molecule has 33 heavy (non-hydrogen) atoms. The number of piperidine rings is 1. The Morgan fingerprint density at radius 2 is 1.70 bits per heavy atom. The molecular formula is C27H27FN4O. The molecule has 1 aliphatic heterocycles. The topological polar surface area (TPSA) is 51.0 Å². The SMILES string of the molecule is O=C(CCn1ncc2ccccc21)N1CCC(c2ccc(Cc3ccc(F)cc3)cn2)CC1. The number of carbonyl (C=O) groups excluding carboxylic acids is 1. The van der Waals surface area contributed by atoms with Crippen LogP contribution in [0.3, 0.4) is 0 Å². The van der Waals surface area contributed by atoms with E-state index in [9.17, 15) is 9.18 Å². The van der Waals surface area contributed by atoms with Crippen molar-refractivity contribution in [2.75, 3.05) is 13.1 Å². The largest absolute Gasteiger partial charge is 0.343 e. The minimum Gasteiger partial charge on any atom is -0.343 e. The van der Waals surface area contributed by atoms with Gasteiger partial charge in [0.05, 0.1) is 18.3 Å². The Hall–Kier alpha value is -3.54. The lowest BCUT2D eigenvalue weighted by molar-refractivity contribution is -0.132. The van der Waals surface area contributed by atoms with Gasteiger partial charge in [0.1, 0.15) is 5.82 Å². The van der Waals surface area contributed by atoms with Crippen molar-refractivity contribution in [3.8, 4) is 0 Å². The van der Waals surface area contributed by atoms with E-state index >= 15 is 0 Å². The zero-order valence-electron chi connectivity index (χ0n) is 18.5. The summed E-state index contributed by atoms with van der Waals surface area (Å²) in [5, 5.41) is 5.52. The predicted molar refractivity (Wildman–Crippen MR) is 126 cm³/mol. The summed E-state index contributed by atoms with van der Waals surface area (Å²) in [6.45, 7) is 2.13. The van der Waals surface area contributed by atoms with Gasteiger partial charge >= 0.3 is 0 Å². The van der Waals surface area contributed by atoms with Gasteiger partial charge in [-0.3, -0.25) is 14.5 Å². The van der Waals surface area contributed by atoms with Crippen LogP contribution in [-0.2, 0) is 17.8 Å². The van der Waals surface area contributed by atoms with Gasteiger partial charge in [-0.25, -0.2) is 4.39 Å². The van der Waals surface area contributed by atoms with Crippen LogP contribution in [0.1, 0.15) is 42.0 Å². The lowest BCUT2D eigenvalue weighted by Gasteiger charge is -2.32. The molecule has 0 atom stereocenters. The minimum atomic E-state index is -0.216. The Morgan fingerprint density at radius 3 is 2.45 bits per heavy atom. The molecule has 0 bridgehead atoms. The molecule has 1 aliphatic rings. The van der Waals surface area contributed by atoms with Crippen molar-refractivity contribution in [3.05, 3.63) is 95.7 Å². The molecule has 0 aliphatic carbocycles. The quantitative estimate of drug-likeness (QED) is 0.424. The number of likely N-dealkylation sites (tertiary alicyclic amines) is 1. The second kappa shape index (κ2) is 9.53. The Kier molecular flexibility index (Phi) is 6.15. The molecule has 0 saturated carbocycles. The van der Waals surface area contributed by atoms with E-state index in [0.29, 0.717) is 18.9 Å². The predicted octanol–water partition coefficient (Wildman–Crippen LogP) is 4.96. The number of aryl methyl sites for hydroxylation is 1. The lowest BCUT2D eigenvalue weighted by atomic mass is 9.92. The molecule has 2 aromatic carbocycles. The first-order valence-electron chi connectivity index (χ1n) is 11.5. The molecule has 1 fully saturated rings. The normalized spacial score (nSPS) is 14.6. The summed E-state index contributed by atoms with van der Waals surface area (Å²) in [4.78, 5) is 19.4. The zero-order valence-corrected chi connectivity index (χ0v) is 18.5. The van der Waals surface area contributed by atoms with E-state index in [1.807, 2.05) is 58.4 Å². The van der Waals surface area contributed by atoms with Gasteiger partial charge in [-0.1, -0.05) is 36.4 Å². The van der Waals surface area contributed by atoms with Crippen LogP contribution < -0.4 is 0 Å². The van der Waals surface area contributed by atoms with Crippen LogP contribution in [0.2, 0.25) is 0 Å². The summed E-state index contributed by atoms with van der Waals surface area (Å²) in [7, 11) is 0. The molecule has 5 nitrogen and oxygen atoms in total. The molecule has 2 aromatic heterocycles. The van der Waals surface area contributed by atoms with Crippen LogP contribution in [-0.4, -0.2) is 38.7 Å². The number of benzene rings is 2. The highest BCUT2D eigenvalue weighted by molar-refractivity contribution is 5.79. The molecule has 4 aromatic rings. The molecule has 1 saturated heterocycles. The second-order valence-electron chi connectivity index (χ2n) is 8.73. The van der Waals surface area contributed by atoms with Crippen LogP contribution in [0.25, 0.3) is 10.9 Å². The maximum Gasteiger partial charge on any atom is 0.224 e. The Balaban J connectivity index is 1.12. The molecule has 1 amide bonds. The Morgan fingerprint density at radius 1 is 0.939 bits per heavy atom. The number of halogens is 1. The lowest BCUT2D eigenvalue weighted by Crippen LogP contribution is -2.38. The first kappa shape index (κ1) is 21.3. The summed E-state index contributed by atoms with van der Waals surface area (Å²) in [5.74, 6) is 0.353. The van der Waals surface area contributed by atoms with Gasteiger partial charge in [-0.15, -0.1) is 0 Å². The summed E-state index contributed by atoms with van der Waals surface area (Å²) in [5.41, 5.74) is 4.34. The average Bonchev–Trinajstić information content (AvgIpc) is 3.28. The summed E-state index contributed by atoms with van der Waals surface area (Å²) in [6, 6.07) is 18.9. The summed E-state index contributed by atoms with van der Waals surface area (Å²) < 4.78 is 15.0. The third kappa shape index (κ3) is 4.95. The van der Waals surface area contributed by atoms with Crippen LogP contribution in [0.4, 0.5) is 4.39 Å². The van der Waals surface area contributed by atoms with E-state index in [0.717, 1.165) is 60.1 Å². The molecule has 3 heterocycles. The molecule has 0 unspecified atom stereocenters. The standard InChI is InChI=1S/C27H27FN4O/c28-24-8-5-20(6-9-24)17-21-7-10-25(29-18-21)22-11-14-31(15-12-22)27(33)13-16-32-26-4-2-1-3-23(26)19-30-32/h1-10,18-19,22H,11-17H2. The van der Waals surface area contributed by atoms with Gasteiger partial charge in [-0.05, 0) is 54.7 Å². The van der Waals surface area contributed by atoms with Gasteiger partial charge < -0.3 is 4.90 Å². The van der Waals surface area contributed by atoms with Crippen LogP contribution in [0.15, 0.2) is 73.1 Å². The fourth-order valence-corrected chi connectivity index (χ4v) is 4.61. The monoisotopic (exact) mass is 442 g/mol. The van der Waals surface area contributed by atoms with Crippen molar-refractivity contribution >= 4 is 16.8 Å². The molecular weight excluding hydrogens is 415 g/mol. The van der Waals surface area contributed by atoms with Crippen molar-refractivity contribution < 1.29 is 9.18 Å². The molecule has 6 heteroatoms. The van der Waals surface area contributed by atoms with E-state index in [-0.39, 0.29) is 11.7 Å². The van der Waals surface area contributed by atoms with Crippen molar-refractivity contribution in [3.63, 3.8) is 0 Å². The number of para-hydroxylation sites is 1. The minimum absolute atomic E-state index is 0.190. The van der Waals surface area contributed by atoms with Crippen LogP contribution in [0, 0.1) is 5.82 Å². The molecule has 5 rings (SSSR count). The number of pyridine rings is 1. The van der Waals surface area contributed by atoms with Crippen molar-refractivity contribution in [1.82, 2.24) is 19.7 Å². The third-order valence-corrected chi connectivity index (χ3v) is 6.52. The van der Waals surface area contributed by atoms with Crippen LogP contribution in [0.5, 0.6) is 0 Å². The number of fused-ring (bicyclic) bond motifs is 1. The highest BCUT2D eigenvalue weighted by Crippen LogP contribution is 2.27. The molecule has 0 N–H and O–H groups in total.